The van der Waals surface area contributed by atoms with E-state index < -0.39 is 0 Å². The van der Waals surface area contributed by atoms with Crippen molar-refractivity contribution in [3.8, 4) is 0 Å². The Morgan fingerprint density at radius 1 is 1.39 bits per heavy atom. The van der Waals surface area contributed by atoms with Crippen LogP contribution in [0.2, 0.25) is 5.02 Å². The second-order valence-corrected chi connectivity index (χ2v) is 4.81. The molecule has 3 nitrogen and oxygen atoms in total. The molecular weight excluding hydrogens is 248 g/mol. The maximum Gasteiger partial charge on any atom is 0.255 e. The van der Waals surface area contributed by atoms with Crippen LogP contribution in [0.3, 0.4) is 0 Å². The summed E-state index contributed by atoms with van der Waals surface area (Å²) in [4.78, 5) is 14.1. The fraction of sp³-hybridized carbons (Fsp3) is 0.500. The molecule has 0 fully saturated rings. The zero-order chi connectivity index (χ0) is 13.5. The van der Waals surface area contributed by atoms with E-state index in [9.17, 15) is 4.79 Å². The molecule has 1 aromatic carbocycles. The van der Waals surface area contributed by atoms with Gasteiger partial charge < -0.3 is 10.2 Å². The van der Waals surface area contributed by atoms with Gasteiger partial charge in [0.15, 0.2) is 0 Å². The second kappa shape index (κ2) is 7.27. The summed E-state index contributed by atoms with van der Waals surface area (Å²) < 4.78 is 0. The van der Waals surface area contributed by atoms with Crippen LogP contribution in [-0.2, 0) is 0 Å². The lowest BCUT2D eigenvalue weighted by molar-refractivity contribution is 0.0793. The molecule has 0 bridgehead atoms. The lowest BCUT2D eigenvalue weighted by Gasteiger charge is -2.19. The van der Waals surface area contributed by atoms with Crippen molar-refractivity contribution in [1.29, 1.82) is 0 Å². The first-order chi connectivity index (χ1) is 8.60. The summed E-state index contributed by atoms with van der Waals surface area (Å²) in [6.45, 7) is 2.93. The summed E-state index contributed by atoms with van der Waals surface area (Å²) >= 11 is 5.95. The summed E-state index contributed by atoms with van der Waals surface area (Å²) in [6.07, 6.45) is 3.33. The van der Waals surface area contributed by atoms with Gasteiger partial charge in [0.05, 0.1) is 5.56 Å². The molecule has 0 atom stereocenters. The van der Waals surface area contributed by atoms with Gasteiger partial charge in [0.25, 0.3) is 5.91 Å². The van der Waals surface area contributed by atoms with Gasteiger partial charge in [-0.05, 0) is 24.6 Å². The zero-order valence-corrected chi connectivity index (χ0v) is 12.0. The third-order valence-corrected chi connectivity index (χ3v) is 3.16. The third kappa shape index (κ3) is 3.91. The molecule has 4 heteroatoms. The van der Waals surface area contributed by atoms with Crippen molar-refractivity contribution in [2.45, 2.75) is 26.2 Å². The molecule has 0 spiro atoms. The van der Waals surface area contributed by atoms with Crippen LogP contribution in [0.5, 0.6) is 0 Å². The first-order valence-corrected chi connectivity index (χ1v) is 6.70. The fourth-order valence-corrected chi connectivity index (χ4v) is 1.99. The van der Waals surface area contributed by atoms with Gasteiger partial charge in [-0.25, -0.2) is 0 Å². The number of hydrogen-bond acceptors (Lipinski definition) is 2. The maximum absolute atomic E-state index is 12.3. The summed E-state index contributed by atoms with van der Waals surface area (Å²) in [7, 11) is 3.63. The standard InChI is InChI=1S/C14H21ClN2O/c1-4-5-6-9-17(3)14(18)12-10-11(15)7-8-13(12)16-2/h7-8,10,16H,4-6,9H2,1-3H3. The van der Waals surface area contributed by atoms with Crippen LogP contribution < -0.4 is 5.32 Å². The molecule has 1 aromatic rings. The van der Waals surface area contributed by atoms with Crippen molar-refractivity contribution in [3.63, 3.8) is 0 Å². The number of amides is 1. The van der Waals surface area contributed by atoms with E-state index in [-0.39, 0.29) is 5.91 Å². The Bertz CT molecular complexity index is 407. The van der Waals surface area contributed by atoms with Crippen molar-refractivity contribution in [2.24, 2.45) is 0 Å². The topological polar surface area (TPSA) is 32.3 Å². The quantitative estimate of drug-likeness (QED) is 0.799. The first-order valence-electron chi connectivity index (χ1n) is 6.33. The minimum atomic E-state index is 0.0120. The van der Waals surface area contributed by atoms with E-state index in [1.165, 1.54) is 0 Å². The van der Waals surface area contributed by atoms with Gasteiger partial charge in [0, 0.05) is 31.4 Å². The predicted octanol–water partition coefficient (Wildman–Crippen LogP) is 3.64. The maximum atomic E-state index is 12.3. The number of benzene rings is 1. The van der Waals surface area contributed by atoms with Gasteiger partial charge in [0.1, 0.15) is 0 Å². The van der Waals surface area contributed by atoms with Crippen molar-refractivity contribution in [2.75, 3.05) is 26.0 Å². The zero-order valence-electron chi connectivity index (χ0n) is 11.3. The van der Waals surface area contributed by atoms with Gasteiger partial charge in [-0.3, -0.25) is 4.79 Å². The summed E-state index contributed by atoms with van der Waals surface area (Å²) in [5.74, 6) is 0.0120. The van der Waals surface area contributed by atoms with Crippen molar-refractivity contribution >= 4 is 23.2 Å². The number of nitrogens with zero attached hydrogens (tertiary/aromatic N) is 1. The average Bonchev–Trinajstić information content (AvgIpc) is 2.38. The number of unbranched alkanes of at least 4 members (excludes halogenated alkanes) is 2. The third-order valence-electron chi connectivity index (χ3n) is 2.93. The van der Waals surface area contributed by atoms with Gasteiger partial charge in [-0.2, -0.15) is 0 Å². The molecule has 1 amide bonds. The van der Waals surface area contributed by atoms with Crippen LogP contribution in [0, 0.1) is 0 Å². The Kier molecular flexibility index (Phi) is 5.99. The smallest absolute Gasteiger partial charge is 0.255 e. The number of rotatable bonds is 6. The minimum Gasteiger partial charge on any atom is -0.387 e. The molecule has 1 N–H and O–H groups in total. The van der Waals surface area contributed by atoms with E-state index >= 15 is 0 Å². The average molecular weight is 269 g/mol. The molecular formula is C14H21ClN2O. The number of hydrogen-bond donors (Lipinski definition) is 1. The van der Waals surface area contributed by atoms with Gasteiger partial charge >= 0.3 is 0 Å². The van der Waals surface area contributed by atoms with Gasteiger partial charge in [-0.15, -0.1) is 0 Å². The van der Waals surface area contributed by atoms with E-state index in [0.717, 1.165) is 31.5 Å². The molecule has 0 saturated carbocycles. The molecule has 0 aliphatic heterocycles. The van der Waals surface area contributed by atoms with Crippen LogP contribution in [0.1, 0.15) is 36.5 Å². The highest BCUT2D eigenvalue weighted by Gasteiger charge is 2.15. The molecule has 1 rings (SSSR count). The molecule has 0 aliphatic carbocycles. The number of carbonyl (C=O) groups is 1. The Labute approximate surface area is 114 Å². The Morgan fingerprint density at radius 3 is 2.72 bits per heavy atom. The SMILES string of the molecule is CCCCCN(C)C(=O)c1cc(Cl)ccc1NC. The fourth-order valence-electron chi connectivity index (χ4n) is 1.82. The number of halogens is 1. The van der Waals surface area contributed by atoms with E-state index in [0.29, 0.717) is 10.6 Å². The van der Waals surface area contributed by atoms with Crippen LogP contribution in [0.25, 0.3) is 0 Å². The molecule has 0 unspecified atom stereocenters. The van der Waals surface area contributed by atoms with Gasteiger partial charge in [-0.1, -0.05) is 31.4 Å². The summed E-state index contributed by atoms with van der Waals surface area (Å²) in [5.41, 5.74) is 1.44. The first kappa shape index (κ1) is 14.8. The monoisotopic (exact) mass is 268 g/mol. The van der Waals surface area contributed by atoms with Crippen molar-refractivity contribution < 1.29 is 4.79 Å². The number of carbonyl (C=O) groups excluding carboxylic acids is 1. The van der Waals surface area contributed by atoms with Crippen molar-refractivity contribution in [3.05, 3.63) is 28.8 Å². The Balaban J connectivity index is 2.79. The molecule has 100 valence electrons. The molecule has 0 heterocycles. The van der Waals surface area contributed by atoms with E-state index in [1.54, 1.807) is 24.1 Å². The van der Waals surface area contributed by atoms with Crippen LogP contribution in [0.4, 0.5) is 5.69 Å². The molecule has 18 heavy (non-hydrogen) atoms. The van der Waals surface area contributed by atoms with Gasteiger partial charge in [0.2, 0.25) is 0 Å². The number of nitrogens with one attached hydrogen (secondary N) is 1. The van der Waals surface area contributed by atoms with E-state index in [4.69, 9.17) is 11.6 Å². The normalized spacial score (nSPS) is 10.2. The number of anilines is 1. The molecule has 0 radical (unpaired) electrons. The highest BCUT2D eigenvalue weighted by molar-refractivity contribution is 6.31. The van der Waals surface area contributed by atoms with E-state index in [1.807, 2.05) is 13.1 Å². The summed E-state index contributed by atoms with van der Waals surface area (Å²) in [5, 5.41) is 3.60. The molecule has 0 saturated heterocycles. The Hall–Kier alpha value is -1.22. The van der Waals surface area contributed by atoms with Crippen LogP contribution >= 0.6 is 11.6 Å². The summed E-state index contributed by atoms with van der Waals surface area (Å²) in [6, 6.07) is 5.32. The van der Waals surface area contributed by atoms with Crippen LogP contribution in [0.15, 0.2) is 18.2 Å². The van der Waals surface area contributed by atoms with Crippen LogP contribution in [-0.4, -0.2) is 31.4 Å². The molecule has 0 aliphatic rings. The second-order valence-electron chi connectivity index (χ2n) is 4.37. The highest BCUT2D eigenvalue weighted by atomic mass is 35.5. The lowest BCUT2D eigenvalue weighted by atomic mass is 10.1. The molecule has 0 aromatic heterocycles. The predicted molar refractivity (Wildman–Crippen MR) is 77.5 cm³/mol. The lowest BCUT2D eigenvalue weighted by Crippen LogP contribution is -2.28. The minimum absolute atomic E-state index is 0.0120. The van der Waals surface area contributed by atoms with Crippen molar-refractivity contribution in [1.82, 2.24) is 4.90 Å². The van der Waals surface area contributed by atoms with E-state index in [2.05, 4.69) is 12.2 Å². The highest BCUT2D eigenvalue weighted by Crippen LogP contribution is 2.21. The Morgan fingerprint density at radius 2 is 2.11 bits per heavy atom. The largest absolute Gasteiger partial charge is 0.387 e.